The molecule has 0 aliphatic rings. The van der Waals surface area contributed by atoms with Crippen molar-refractivity contribution < 1.29 is 4.79 Å². The van der Waals surface area contributed by atoms with Gasteiger partial charge in [0.2, 0.25) is 5.78 Å². The standard InChI is InChI=1S/C13H9NO/c1-2-13(15)11-7-9-5-3-4-6-10(9)8-12(11)14/h1,3-8H,14H2. The van der Waals surface area contributed by atoms with Crippen molar-refractivity contribution >= 4 is 22.2 Å². The van der Waals surface area contributed by atoms with Crippen LogP contribution in [0, 0.1) is 12.3 Å². The lowest BCUT2D eigenvalue weighted by atomic mass is 10.0. The zero-order valence-electron chi connectivity index (χ0n) is 8.03. The van der Waals surface area contributed by atoms with Gasteiger partial charge in [-0.2, -0.15) is 0 Å². The van der Waals surface area contributed by atoms with Crippen molar-refractivity contribution in [3.8, 4) is 12.3 Å². The zero-order chi connectivity index (χ0) is 10.8. The van der Waals surface area contributed by atoms with E-state index in [1.807, 2.05) is 24.3 Å². The van der Waals surface area contributed by atoms with E-state index in [4.69, 9.17) is 12.2 Å². The second-order valence-electron chi connectivity index (χ2n) is 3.26. The number of nitrogens with two attached hydrogens (primary N) is 1. The first kappa shape index (κ1) is 9.29. The van der Waals surface area contributed by atoms with Crippen molar-refractivity contribution in [2.24, 2.45) is 0 Å². The van der Waals surface area contributed by atoms with E-state index in [1.165, 1.54) is 0 Å². The van der Waals surface area contributed by atoms with Crippen LogP contribution in [-0.4, -0.2) is 5.78 Å². The van der Waals surface area contributed by atoms with Gasteiger partial charge in [-0.05, 0) is 28.8 Å². The molecule has 0 saturated carbocycles. The number of ketones is 1. The molecule has 2 aromatic carbocycles. The van der Waals surface area contributed by atoms with Gasteiger partial charge in [-0.25, -0.2) is 0 Å². The first-order valence-corrected chi connectivity index (χ1v) is 4.51. The number of anilines is 1. The Hall–Kier alpha value is -2.27. The molecule has 0 saturated heterocycles. The zero-order valence-corrected chi connectivity index (χ0v) is 8.03. The van der Waals surface area contributed by atoms with Crippen molar-refractivity contribution in [3.05, 3.63) is 42.0 Å². The normalized spacial score (nSPS) is 9.80. The fourth-order valence-corrected chi connectivity index (χ4v) is 1.53. The number of benzene rings is 2. The van der Waals surface area contributed by atoms with Crippen LogP contribution in [0.5, 0.6) is 0 Å². The smallest absolute Gasteiger partial charge is 0.237 e. The summed E-state index contributed by atoms with van der Waals surface area (Å²) in [5.74, 6) is 1.69. The van der Waals surface area contributed by atoms with Gasteiger partial charge in [-0.3, -0.25) is 4.79 Å². The molecule has 0 aliphatic carbocycles. The average Bonchev–Trinajstić information content (AvgIpc) is 2.27. The third-order valence-corrected chi connectivity index (χ3v) is 2.29. The number of carbonyl (C=O) groups excluding carboxylic acids is 1. The second kappa shape index (κ2) is 3.47. The van der Waals surface area contributed by atoms with E-state index in [0.717, 1.165) is 10.8 Å². The topological polar surface area (TPSA) is 43.1 Å². The minimum absolute atomic E-state index is 0.377. The van der Waals surface area contributed by atoms with Gasteiger partial charge in [0, 0.05) is 5.69 Å². The number of nitrogen functional groups attached to an aromatic ring is 1. The van der Waals surface area contributed by atoms with Crippen molar-refractivity contribution in [1.82, 2.24) is 0 Å². The number of carbonyl (C=O) groups is 1. The minimum Gasteiger partial charge on any atom is -0.398 e. The third kappa shape index (κ3) is 1.55. The first-order valence-electron chi connectivity index (χ1n) is 4.51. The molecule has 2 rings (SSSR count). The summed E-state index contributed by atoms with van der Waals surface area (Å²) in [6, 6.07) is 11.2. The van der Waals surface area contributed by atoms with E-state index in [0.29, 0.717) is 11.3 Å². The quantitative estimate of drug-likeness (QED) is 0.328. The lowest BCUT2D eigenvalue weighted by Crippen LogP contribution is -2.00. The van der Waals surface area contributed by atoms with Crippen LogP contribution in [0.25, 0.3) is 10.8 Å². The molecule has 0 radical (unpaired) electrons. The van der Waals surface area contributed by atoms with Gasteiger partial charge < -0.3 is 5.73 Å². The minimum atomic E-state index is -0.377. The summed E-state index contributed by atoms with van der Waals surface area (Å²) < 4.78 is 0. The highest BCUT2D eigenvalue weighted by atomic mass is 16.1. The van der Waals surface area contributed by atoms with Crippen molar-refractivity contribution in [3.63, 3.8) is 0 Å². The van der Waals surface area contributed by atoms with Crippen LogP contribution in [0.2, 0.25) is 0 Å². The van der Waals surface area contributed by atoms with Crippen LogP contribution in [0.4, 0.5) is 5.69 Å². The molecule has 2 heteroatoms. The molecule has 0 aromatic heterocycles. The predicted octanol–water partition coefficient (Wildman–Crippen LogP) is 2.24. The summed E-state index contributed by atoms with van der Waals surface area (Å²) >= 11 is 0. The maximum absolute atomic E-state index is 11.4. The van der Waals surface area contributed by atoms with Crippen molar-refractivity contribution in [2.75, 3.05) is 5.73 Å². The Bertz CT molecular complexity index is 579. The van der Waals surface area contributed by atoms with Crippen LogP contribution in [0.3, 0.4) is 0 Å². The molecular formula is C13H9NO. The van der Waals surface area contributed by atoms with Gasteiger partial charge >= 0.3 is 0 Å². The predicted molar refractivity (Wildman–Crippen MR) is 61.5 cm³/mol. The summed E-state index contributed by atoms with van der Waals surface area (Å²) in [5, 5.41) is 1.97. The number of hydrogen-bond acceptors (Lipinski definition) is 2. The highest BCUT2D eigenvalue weighted by Crippen LogP contribution is 2.21. The van der Waals surface area contributed by atoms with Gasteiger partial charge in [0.25, 0.3) is 0 Å². The van der Waals surface area contributed by atoms with E-state index in [1.54, 1.807) is 12.1 Å². The Morgan fingerprint density at radius 1 is 1.20 bits per heavy atom. The fraction of sp³-hybridized carbons (Fsp3) is 0. The van der Waals surface area contributed by atoms with Crippen LogP contribution in [-0.2, 0) is 0 Å². The summed E-state index contributed by atoms with van der Waals surface area (Å²) in [7, 11) is 0. The molecule has 0 heterocycles. The molecule has 0 fully saturated rings. The Kier molecular flexibility index (Phi) is 2.15. The highest BCUT2D eigenvalue weighted by molar-refractivity contribution is 6.13. The number of Topliss-reactive ketones (excluding diaryl/α,β-unsaturated/α-hetero) is 1. The van der Waals surface area contributed by atoms with E-state index >= 15 is 0 Å². The van der Waals surface area contributed by atoms with Gasteiger partial charge in [0.15, 0.2) is 0 Å². The molecule has 0 aliphatic heterocycles. The van der Waals surface area contributed by atoms with Gasteiger partial charge in [0.1, 0.15) is 0 Å². The maximum Gasteiger partial charge on any atom is 0.237 e. The SMILES string of the molecule is C#CC(=O)c1cc2ccccc2cc1N. The highest BCUT2D eigenvalue weighted by Gasteiger charge is 2.07. The number of rotatable bonds is 1. The molecule has 0 amide bonds. The molecule has 2 nitrogen and oxygen atoms in total. The molecule has 0 bridgehead atoms. The Morgan fingerprint density at radius 3 is 2.40 bits per heavy atom. The Balaban J connectivity index is 2.74. The van der Waals surface area contributed by atoms with Gasteiger partial charge in [-0.1, -0.05) is 24.3 Å². The monoisotopic (exact) mass is 195 g/mol. The molecule has 0 unspecified atom stereocenters. The van der Waals surface area contributed by atoms with Crippen LogP contribution in [0.1, 0.15) is 10.4 Å². The Labute approximate surface area is 87.7 Å². The molecule has 2 N–H and O–H groups in total. The molecule has 0 spiro atoms. The number of hydrogen-bond donors (Lipinski definition) is 1. The molecule has 72 valence electrons. The lowest BCUT2D eigenvalue weighted by Gasteiger charge is -2.03. The Morgan fingerprint density at radius 2 is 1.80 bits per heavy atom. The van der Waals surface area contributed by atoms with E-state index in [-0.39, 0.29) is 5.78 Å². The van der Waals surface area contributed by atoms with Crippen molar-refractivity contribution in [2.45, 2.75) is 0 Å². The average molecular weight is 195 g/mol. The first-order chi connectivity index (χ1) is 7.22. The van der Waals surface area contributed by atoms with Crippen molar-refractivity contribution in [1.29, 1.82) is 0 Å². The van der Waals surface area contributed by atoms with Crippen LogP contribution < -0.4 is 5.73 Å². The molecule has 0 atom stereocenters. The third-order valence-electron chi connectivity index (χ3n) is 2.29. The summed E-state index contributed by atoms with van der Waals surface area (Å²) in [4.78, 5) is 11.4. The largest absolute Gasteiger partial charge is 0.398 e. The second-order valence-corrected chi connectivity index (χ2v) is 3.26. The molecule has 15 heavy (non-hydrogen) atoms. The lowest BCUT2D eigenvalue weighted by molar-refractivity contribution is 0.105. The van der Waals surface area contributed by atoms with E-state index in [9.17, 15) is 4.79 Å². The van der Waals surface area contributed by atoms with Gasteiger partial charge in [-0.15, -0.1) is 6.42 Å². The summed E-state index contributed by atoms with van der Waals surface area (Å²) in [6.45, 7) is 0. The summed E-state index contributed by atoms with van der Waals surface area (Å²) in [5.41, 5.74) is 6.57. The number of fused-ring (bicyclic) bond motifs is 1. The number of terminal acetylenes is 1. The molecule has 2 aromatic rings. The van der Waals surface area contributed by atoms with E-state index < -0.39 is 0 Å². The molecular weight excluding hydrogens is 186 g/mol. The van der Waals surface area contributed by atoms with Crippen LogP contribution in [0.15, 0.2) is 36.4 Å². The fourth-order valence-electron chi connectivity index (χ4n) is 1.53. The summed E-state index contributed by atoms with van der Waals surface area (Å²) in [6.07, 6.45) is 5.06. The maximum atomic E-state index is 11.4. The van der Waals surface area contributed by atoms with Gasteiger partial charge in [0.05, 0.1) is 5.56 Å². The van der Waals surface area contributed by atoms with E-state index in [2.05, 4.69) is 5.92 Å². The van der Waals surface area contributed by atoms with Crippen LogP contribution >= 0.6 is 0 Å².